The summed E-state index contributed by atoms with van der Waals surface area (Å²) in [7, 11) is 0. The van der Waals surface area contributed by atoms with Gasteiger partial charge >= 0.3 is 107 Å². The first-order valence-corrected chi connectivity index (χ1v) is 12.3. The molecule has 0 aliphatic carbocycles. The van der Waals surface area contributed by atoms with Gasteiger partial charge in [-0.15, -0.1) is 0 Å². The first kappa shape index (κ1) is 54.8. The minimum Gasteiger partial charge on any atom is -0.413 e. The zero-order chi connectivity index (χ0) is 48.4. The smallest absolute Gasteiger partial charge is 0.413 e. The van der Waals surface area contributed by atoms with Gasteiger partial charge in [-0.05, 0) is 6.92 Å². The van der Waals surface area contributed by atoms with Gasteiger partial charge in [0.2, 0.25) is 0 Å². The van der Waals surface area contributed by atoms with Crippen molar-refractivity contribution in [3.05, 3.63) is 12.2 Å². The topological polar surface area (TPSA) is 26.3 Å². The molecule has 0 fully saturated rings. The summed E-state index contributed by atoms with van der Waals surface area (Å²) < 4.78 is 479. The number of hydrogen-bond acceptors (Lipinski definition) is 2. The molecule has 0 aromatic heterocycles. The molecule has 1 atom stereocenters. The number of ether oxygens (including phenoxy) is 1. The van der Waals surface area contributed by atoms with Gasteiger partial charge in [0.05, 0.1) is 0 Å². The number of esters is 1. The molecule has 0 radical (unpaired) electrons. The van der Waals surface area contributed by atoms with E-state index >= 15 is 4.39 Å². The third-order valence-corrected chi connectivity index (χ3v) is 6.90. The van der Waals surface area contributed by atoms with Crippen molar-refractivity contribution in [1.29, 1.82) is 0 Å². The third kappa shape index (κ3) is 6.30. The summed E-state index contributed by atoms with van der Waals surface area (Å²) in [4.78, 5) is 11.4. The second-order valence-electron chi connectivity index (χ2n) is 10.8. The standard InChI is InChI=1S/C21H5F35O2/c1-3(2)4(57)58-18(47,15(41,42)7(25,26)6(23,24)5(22,19(48,49)50)20(51,52)53)16(43,44)13(37,38)11(33,34)9(29,30)8(27,28)10(31,32)12(35,36)14(39,40)17(45,46)21(54,55)56/h1H2,2H3. The highest BCUT2D eigenvalue weighted by molar-refractivity contribution is 5.87. The molecule has 0 heterocycles. The van der Waals surface area contributed by atoms with E-state index in [9.17, 15) is 154 Å². The van der Waals surface area contributed by atoms with Crippen LogP contribution in [0.15, 0.2) is 12.2 Å². The van der Waals surface area contributed by atoms with Crippen LogP contribution in [0.25, 0.3) is 0 Å². The van der Waals surface area contributed by atoms with E-state index in [0.29, 0.717) is 0 Å². The van der Waals surface area contributed by atoms with Crippen LogP contribution >= 0.6 is 0 Å². The molecular formula is C21H5F35O2. The first-order chi connectivity index (χ1) is 24.3. The molecule has 0 saturated heterocycles. The van der Waals surface area contributed by atoms with Gasteiger partial charge in [-0.1, -0.05) is 6.58 Å². The van der Waals surface area contributed by atoms with E-state index in [1.807, 2.05) is 6.58 Å². The Bertz CT molecular complexity index is 1540. The number of carbonyl (C=O) groups is 1. The van der Waals surface area contributed by atoms with Gasteiger partial charge in [0.1, 0.15) is 0 Å². The van der Waals surface area contributed by atoms with E-state index in [1.54, 1.807) is 4.74 Å². The Balaban J connectivity index is 8.49. The van der Waals surface area contributed by atoms with Crippen molar-refractivity contribution in [1.82, 2.24) is 0 Å². The highest BCUT2D eigenvalue weighted by atomic mass is 19.5. The summed E-state index contributed by atoms with van der Waals surface area (Å²) in [6.45, 7) is 1.43. The molecule has 58 heavy (non-hydrogen) atoms. The largest absolute Gasteiger partial charge is 0.460 e. The molecule has 1 unspecified atom stereocenters. The average molecular weight is 954 g/mol. The normalized spacial score (nSPS) is 17.6. The zero-order valence-corrected chi connectivity index (χ0v) is 25.3. The minimum absolute atomic E-state index is 0.451. The van der Waals surface area contributed by atoms with Gasteiger partial charge in [-0.25, -0.2) is 9.18 Å². The Kier molecular flexibility index (Phi) is 12.6. The van der Waals surface area contributed by atoms with Crippen LogP contribution in [-0.4, -0.2) is 107 Å². The van der Waals surface area contributed by atoms with Crippen molar-refractivity contribution < 1.29 is 163 Å². The Hall–Kier alpha value is -3.24. The number of carbonyl (C=O) groups excluding carboxylic acids is 1. The lowest BCUT2D eigenvalue weighted by molar-refractivity contribution is -0.501. The summed E-state index contributed by atoms with van der Waals surface area (Å²) in [5.41, 5.74) is -11.9. The maximum Gasteiger partial charge on any atom is 0.460 e. The second kappa shape index (κ2) is 13.4. The molecule has 0 amide bonds. The molecule has 346 valence electrons. The van der Waals surface area contributed by atoms with Crippen molar-refractivity contribution in [2.24, 2.45) is 0 Å². The van der Waals surface area contributed by atoms with Gasteiger partial charge < -0.3 is 4.74 Å². The molecule has 0 rings (SSSR count). The summed E-state index contributed by atoms with van der Waals surface area (Å²) in [5.74, 6) is -134. The van der Waals surface area contributed by atoms with Gasteiger partial charge in [-0.2, -0.15) is 149 Å². The minimum atomic E-state index is -10.4. The van der Waals surface area contributed by atoms with Crippen molar-refractivity contribution in [2.45, 2.75) is 108 Å². The summed E-state index contributed by atoms with van der Waals surface area (Å²) in [6, 6.07) is 0. The van der Waals surface area contributed by atoms with Crippen molar-refractivity contribution in [3.8, 4) is 0 Å². The molecule has 0 saturated carbocycles. The fourth-order valence-corrected chi connectivity index (χ4v) is 3.43. The molecule has 37 heteroatoms. The highest BCUT2D eigenvalue weighted by Gasteiger charge is 3.03. The molecule has 0 aliphatic rings. The molecule has 0 bridgehead atoms. The van der Waals surface area contributed by atoms with Gasteiger partial charge in [-0.3, -0.25) is 0 Å². The van der Waals surface area contributed by atoms with Gasteiger partial charge in [0.15, 0.2) is 0 Å². The lowest BCUT2D eigenvalue weighted by atomic mass is 9.80. The first-order valence-electron chi connectivity index (χ1n) is 12.3. The lowest BCUT2D eigenvalue weighted by Gasteiger charge is -2.48. The zero-order valence-electron chi connectivity index (χ0n) is 25.3. The maximum absolute atomic E-state index is 15.2. The van der Waals surface area contributed by atoms with Crippen molar-refractivity contribution in [2.75, 3.05) is 0 Å². The van der Waals surface area contributed by atoms with E-state index < -0.39 is 120 Å². The van der Waals surface area contributed by atoms with E-state index in [4.69, 9.17) is 0 Å². The third-order valence-electron chi connectivity index (χ3n) is 6.90. The molecule has 0 aliphatic heterocycles. The predicted molar refractivity (Wildman–Crippen MR) is 106 cm³/mol. The monoisotopic (exact) mass is 954 g/mol. The van der Waals surface area contributed by atoms with Gasteiger partial charge in [0, 0.05) is 5.57 Å². The van der Waals surface area contributed by atoms with Gasteiger partial charge in [0.25, 0.3) is 0 Å². The lowest BCUT2D eigenvalue weighted by Crippen LogP contribution is -2.82. The van der Waals surface area contributed by atoms with E-state index in [1.165, 1.54) is 0 Å². The Morgan fingerprint density at radius 1 is 0.310 bits per heavy atom. The summed E-state index contributed by atoms with van der Waals surface area (Å²) in [5, 5.41) is 0. The molecule has 0 spiro atoms. The molecular weight excluding hydrogens is 949 g/mol. The summed E-state index contributed by atoms with van der Waals surface area (Å²) >= 11 is 0. The SMILES string of the molecule is C=C(C)C(=O)OC(F)(C(F)(F)C(F)(F)C(F)(F)C(F)(F)C(F)(F)C(F)(F)C(F)(F)C(F)(F)C(F)(F)C(F)(F)F)C(F)(F)C(F)(F)C(F)(F)C(F)(C(F)(F)F)C(F)(F)F. The Labute approximate surface area is 290 Å². The number of hydrogen-bond donors (Lipinski definition) is 0. The molecule has 0 aromatic carbocycles. The van der Waals surface area contributed by atoms with Crippen LogP contribution in [-0.2, 0) is 9.53 Å². The number of rotatable bonds is 15. The fourth-order valence-electron chi connectivity index (χ4n) is 3.43. The van der Waals surface area contributed by atoms with Crippen LogP contribution in [0.3, 0.4) is 0 Å². The quantitative estimate of drug-likeness (QED) is 0.0929. The Morgan fingerprint density at radius 2 is 0.500 bits per heavy atom. The van der Waals surface area contributed by atoms with E-state index in [-0.39, 0.29) is 0 Å². The number of alkyl halides is 35. The number of halogens is 35. The Morgan fingerprint density at radius 3 is 0.690 bits per heavy atom. The van der Waals surface area contributed by atoms with Crippen LogP contribution < -0.4 is 0 Å². The average Bonchev–Trinajstić information content (AvgIpc) is 2.97. The van der Waals surface area contributed by atoms with Crippen LogP contribution in [0.4, 0.5) is 154 Å². The molecule has 0 aromatic rings. The van der Waals surface area contributed by atoms with Crippen molar-refractivity contribution >= 4 is 5.97 Å². The molecule has 2 nitrogen and oxygen atoms in total. The highest BCUT2D eigenvalue weighted by Crippen LogP contribution is 2.70. The van der Waals surface area contributed by atoms with Crippen molar-refractivity contribution in [3.63, 3.8) is 0 Å². The fraction of sp³-hybridized carbons (Fsp3) is 0.857. The second-order valence-corrected chi connectivity index (χ2v) is 10.8. The van der Waals surface area contributed by atoms with Crippen LogP contribution in [0, 0.1) is 0 Å². The van der Waals surface area contributed by atoms with Crippen LogP contribution in [0.1, 0.15) is 6.92 Å². The van der Waals surface area contributed by atoms with E-state index in [0.717, 1.165) is 0 Å². The van der Waals surface area contributed by atoms with Crippen LogP contribution in [0.2, 0.25) is 0 Å². The predicted octanol–water partition coefficient (Wildman–Crippen LogP) is 11.8. The van der Waals surface area contributed by atoms with E-state index in [2.05, 4.69) is 0 Å². The summed E-state index contributed by atoms with van der Waals surface area (Å²) in [6.07, 6.45) is -26.3. The van der Waals surface area contributed by atoms with Crippen LogP contribution in [0.5, 0.6) is 0 Å². The maximum atomic E-state index is 15.2. The molecule has 0 N–H and O–H groups in total.